The quantitative estimate of drug-likeness (QED) is 0.275. The Kier molecular flexibility index (Phi) is 5.13. The molecule has 0 spiro atoms. The second-order valence-electron chi connectivity index (χ2n) is 5.71. The van der Waals surface area contributed by atoms with Crippen LogP contribution >= 0.6 is 23.1 Å². The zero-order chi connectivity index (χ0) is 18.6. The fourth-order valence-electron chi connectivity index (χ4n) is 2.65. The number of hydrogen-bond donors (Lipinski definition) is 0. The molecule has 1 aromatic carbocycles. The molecule has 0 amide bonds. The van der Waals surface area contributed by atoms with Gasteiger partial charge in [-0.05, 0) is 35.9 Å². The fourth-order valence-corrected chi connectivity index (χ4v) is 3.63. The van der Waals surface area contributed by atoms with Gasteiger partial charge in [0.05, 0.1) is 17.0 Å². The minimum absolute atomic E-state index is 0.0884. The molecule has 0 radical (unpaired) electrons. The molecule has 0 aliphatic carbocycles. The number of ether oxygens (including phenoxy) is 1. The SMILES string of the molecule is CSc1ncc2cc(COC(=O)c3ccccc3)nc(-c3ccsc3)c2n1. The molecule has 7 heteroatoms. The highest BCUT2D eigenvalue weighted by Crippen LogP contribution is 2.29. The number of thioether (sulfide) groups is 1. The monoisotopic (exact) mass is 393 g/mol. The van der Waals surface area contributed by atoms with Crippen LogP contribution in [0.5, 0.6) is 0 Å². The highest BCUT2D eigenvalue weighted by molar-refractivity contribution is 7.98. The Hall–Kier alpha value is -2.77. The van der Waals surface area contributed by atoms with Crippen LogP contribution in [0.15, 0.2) is 64.6 Å². The van der Waals surface area contributed by atoms with Gasteiger partial charge < -0.3 is 4.74 Å². The summed E-state index contributed by atoms with van der Waals surface area (Å²) in [5.41, 5.74) is 3.74. The Morgan fingerprint density at radius 3 is 2.78 bits per heavy atom. The van der Waals surface area contributed by atoms with Crippen molar-refractivity contribution >= 4 is 40.0 Å². The summed E-state index contributed by atoms with van der Waals surface area (Å²) in [5.74, 6) is -0.372. The van der Waals surface area contributed by atoms with Crippen molar-refractivity contribution in [3.63, 3.8) is 0 Å². The number of carbonyl (C=O) groups excluding carboxylic acids is 1. The van der Waals surface area contributed by atoms with Crippen molar-refractivity contribution in [2.75, 3.05) is 6.26 Å². The maximum atomic E-state index is 12.2. The van der Waals surface area contributed by atoms with Crippen LogP contribution in [0.25, 0.3) is 22.2 Å². The molecule has 0 aliphatic rings. The second-order valence-corrected chi connectivity index (χ2v) is 7.26. The summed E-state index contributed by atoms with van der Waals surface area (Å²) in [4.78, 5) is 25.9. The van der Waals surface area contributed by atoms with Crippen LogP contribution in [0.3, 0.4) is 0 Å². The molecule has 0 saturated carbocycles. The molecule has 4 aromatic rings. The smallest absolute Gasteiger partial charge is 0.338 e. The number of fused-ring (bicyclic) bond motifs is 1. The minimum Gasteiger partial charge on any atom is -0.456 e. The lowest BCUT2D eigenvalue weighted by Crippen LogP contribution is -2.06. The van der Waals surface area contributed by atoms with Gasteiger partial charge in [0.1, 0.15) is 12.1 Å². The Morgan fingerprint density at radius 1 is 1.19 bits per heavy atom. The van der Waals surface area contributed by atoms with Gasteiger partial charge in [0.2, 0.25) is 0 Å². The van der Waals surface area contributed by atoms with Gasteiger partial charge in [-0.15, -0.1) is 0 Å². The van der Waals surface area contributed by atoms with Gasteiger partial charge in [-0.3, -0.25) is 0 Å². The predicted octanol–water partition coefficient (Wildman–Crippen LogP) is 4.83. The van der Waals surface area contributed by atoms with Crippen LogP contribution in [-0.2, 0) is 11.3 Å². The summed E-state index contributed by atoms with van der Waals surface area (Å²) in [6.07, 6.45) is 3.73. The average molecular weight is 393 g/mol. The third kappa shape index (κ3) is 3.84. The third-order valence-corrected chi connectivity index (χ3v) is 5.18. The highest BCUT2D eigenvalue weighted by Gasteiger charge is 2.13. The molecule has 4 rings (SSSR count). The molecule has 0 saturated heterocycles. The Labute approximate surface area is 164 Å². The van der Waals surface area contributed by atoms with Gasteiger partial charge in [-0.2, -0.15) is 11.3 Å². The van der Waals surface area contributed by atoms with Crippen LogP contribution in [0.2, 0.25) is 0 Å². The lowest BCUT2D eigenvalue weighted by atomic mass is 10.1. The van der Waals surface area contributed by atoms with Gasteiger partial charge in [0.25, 0.3) is 0 Å². The van der Waals surface area contributed by atoms with Crippen molar-refractivity contribution in [3.05, 3.63) is 70.7 Å². The molecule has 27 heavy (non-hydrogen) atoms. The molecule has 134 valence electrons. The van der Waals surface area contributed by atoms with Crippen LogP contribution in [0.1, 0.15) is 16.1 Å². The van der Waals surface area contributed by atoms with E-state index in [4.69, 9.17) is 9.72 Å². The predicted molar refractivity (Wildman–Crippen MR) is 108 cm³/mol. The number of esters is 1. The number of pyridine rings is 1. The highest BCUT2D eigenvalue weighted by atomic mass is 32.2. The van der Waals surface area contributed by atoms with E-state index in [1.165, 1.54) is 11.8 Å². The Balaban J connectivity index is 1.68. The van der Waals surface area contributed by atoms with Crippen molar-refractivity contribution in [1.29, 1.82) is 0 Å². The van der Waals surface area contributed by atoms with Crippen molar-refractivity contribution in [2.45, 2.75) is 11.8 Å². The first kappa shape index (κ1) is 17.6. The summed E-state index contributed by atoms with van der Waals surface area (Å²) in [6.45, 7) is 0.0884. The van der Waals surface area contributed by atoms with Crippen molar-refractivity contribution in [3.8, 4) is 11.3 Å². The maximum absolute atomic E-state index is 12.2. The van der Waals surface area contributed by atoms with Gasteiger partial charge in [0, 0.05) is 22.5 Å². The number of rotatable bonds is 5. The number of benzene rings is 1. The van der Waals surface area contributed by atoms with E-state index in [9.17, 15) is 4.79 Å². The summed E-state index contributed by atoms with van der Waals surface area (Å²) < 4.78 is 5.44. The maximum Gasteiger partial charge on any atom is 0.338 e. The molecule has 5 nitrogen and oxygen atoms in total. The van der Waals surface area contributed by atoms with E-state index in [0.717, 1.165) is 22.2 Å². The van der Waals surface area contributed by atoms with Gasteiger partial charge in [-0.25, -0.2) is 19.7 Å². The minimum atomic E-state index is -0.372. The molecule has 3 heterocycles. The molecular formula is C20H15N3O2S2. The molecule has 3 aromatic heterocycles. The van der Waals surface area contributed by atoms with Crippen molar-refractivity contribution < 1.29 is 9.53 Å². The largest absolute Gasteiger partial charge is 0.456 e. The lowest BCUT2D eigenvalue weighted by molar-refractivity contribution is 0.0468. The third-order valence-electron chi connectivity index (χ3n) is 3.93. The first-order valence-electron chi connectivity index (χ1n) is 8.20. The molecular weight excluding hydrogens is 378 g/mol. The van der Waals surface area contributed by atoms with Crippen LogP contribution < -0.4 is 0 Å². The lowest BCUT2D eigenvalue weighted by Gasteiger charge is -2.09. The van der Waals surface area contributed by atoms with Gasteiger partial charge in [0.15, 0.2) is 5.16 Å². The number of aromatic nitrogens is 3. The van der Waals surface area contributed by atoms with E-state index in [0.29, 0.717) is 16.4 Å². The molecule has 0 unspecified atom stereocenters. The number of thiophene rings is 1. The Bertz CT molecular complexity index is 1080. The zero-order valence-corrected chi connectivity index (χ0v) is 16.1. The summed E-state index contributed by atoms with van der Waals surface area (Å²) in [5, 5.41) is 5.60. The van der Waals surface area contributed by atoms with Crippen molar-refractivity contribution in [1.82, 2.24) is 15.0 Å². The first-order chi connectivity index (χ1) is 13.2. The van der Waals surface area contributed by atoms with Gasteiger partial charge >= 0.3 is 5.97 Å². The van der Waals surface area contributed by atoms with Crippen LogP contribution in [-0.4, -0.2) is 27.2 Å². The summed E-state index contributed by atoms with van der Waals surface area (Å²) >= 11 is 3.09. The van der Waals surface area contributed by atoms with E-state index >= 15 is 0 Å². The van der Waals surface area contributed by atoms with Crippen molar-refractivity contribution in [2.24, 2.45) is 0 Å². The number of hydrogen-bond acceptors (Lipinski definition) is 7. The van der Waals surface area contributed by atoms with E-state index in [1.807, 2.05) is 35.2 Å². The molecule has 0 bridgehead atoms. The molecule has 0 N–H and O–H groups in total. The molecule has 0 fully saturated rings. The first-order valence-corrected chi connectivity index (χ1v) is 10.4. The van der Waals surface area contributed by atoms with Crippen LogP contribution in [0.4, 0.5) is 0 Å². The number of carbonyl (C=O) groups is 1. The normalized spacial score (nSPS) is 10.9. The van der Waals surface area contributed by atoms with E-state index in [2.05, 4.69) is 9.97 Å². The molecule has 0 aliphatic heterocycles. The standard InChI is InChI=1S/C20H15N3O2S2/c1-26-20-21-10-15-9-16(11-25-19(24)13-5-3-2-4-6-13)22-17(18(15)23-20)14-7-8-27-12-14/h2-10,12H,11H2,1H3. The summed E-state index contributed by atoms with van der Waals surface area (Å²) in [6, 6.07) is 12.8. The van der Waals surface area contributed by atoms with Gasteiger partial charge in [-0.1, -0.05) is 30.0 Å². The van der Waals surface area contributed by atoms with E-state index in [1.54, 1.807) is 41.8 Å². The van der Waals surface area contributed by atoms with E-state index < -0.39 is 0 Å². The van der Waals surface area contributed by atoms with E-state index in [-0.39, 0.29) is 12.6 Å². The van der Waals surface area contributed by atoms with Crippen LogP contribution in [0, 0.1) is 0 Å². The Morgan fingerprint density at radius 2 is 2.04 bits per heavy atom. The summed E-state index contributed by atoms with van der Waals surface area (Å²) in [7, 11) is 0. The second kappa shape index (κ2) is 7.85. The topological polar surface area (TPSA) is 65.0 Å². The zero-order valence-electron chi connectivity index (χ0n) is 14.5. The fraction of sp³-hybridized carbons (Fsp3) is 0.100. The molecule has 0 atom stereocenters. The number of nitrogens with zero attached hydrogens (tertiary/aromatic N) is 3. The average Bonchev–Trinajstić information content (AvgIpc) is 3.26.